The van der Waals surface area contributed by atoms with E-state index in [0.717, 1.165) is 15.8 Å². The van der Waals surface area contributed by atoms with E-state index in [-0.39, 0.29) is 12.6 Å². The van der Waals surface area contributed by atoms with Crippen LogP contribution in [0.1, 0.15) is 11.6 Å². The minimum Gasteiger partial charge on any atom is -0.457 e. The first-order valence-electron chi connectivity index (χ1n) is 6.77. The lowest BCUT2D eigenvalue weighted by molar-refractivity contribution is 0.229. The van der Waals surface area contributed by atoms with E-state index in [4.69, 9.17) is 4.74 Å². The third-order valence-corrected chi connectivity index (χ3v) is 3.88. The molecule has 112 valence electrons. The van der Waals surface area contributed by atoms with E-state index in [0.29, 0.717) is 5.75 Å². The van der Waals surface area contributed by atoms with Gasteiger partial charge in [-0.3, -0.25) is 0 Å². The highest BCUT2D eigenvalue weighted by atomic mass is 79.9. The summed E-state index contributed by atoms with van der Waals surface area (Å²) >= 11 is 3.53. The number of nitrogens with zero attached hydrogens (tertiary/aromatic N) is 3. The zero-order valence-electron chi connectivity index (χ0n) is 11.6. The minimum absolute atomic E-state index is 0.0911. The molecule has 1 atom stereocenters. The van der Waals surface area contributed by atoms with Gasteiger partial charge in [0.05, 0.1) is 19.0 Å². The summed E-state index contributed by atoms with van der Waals surface area (Å²) < 4.78 is 6.62. The van der Waals surface area contributed by atoms with Crippen LogP contribution in [0.15, 0.2) is 65.4 Å². The van der Waals surface area contributed by atoms with Crippen molar-refractivity contribution in [1.29, 1.82) is 0 Å². The van der Waals surface area contributed by atoms with Crippen molar-refractivity contribution in [2.75, 3.05) is 6.61 Å². The average Bonchev–Trinajstić information content (AvgIpc) is 3.05. The van der Waals surface area contributed by atoms with Crippen molar-refractivity contribution in [3.8, 4) is 11.5 Å². The Morgan fingerprint density at radius 3 is 2.41 bits per heavy atom. The Morgan fingerprint density at radius 1 is 1.05 bits per heavy atom. The van der Waals surface area contributed by atoms with Gasteiger partial charge in [0.1, 0.15) is 17.5 Å². The molecule has 1 heterocycles. The Kier molecular flexibility index (Phi) is 4.50. The van der Waals surface area contributed by atoms with E-state index in [1.54, 1.807) is 12.4 Å². The van der Waals surface area contributed by atoms with Gasteiger partial charge >= 0.3 is 0 Å². The predicted molar refractivity (Wildman–Crippen MR) is 85.9 cm³/mol. The first-order chi connectivity index (χ1) is 10.8. The molecule has 0 radical (unpaired) electrons. The maximum Gasteiger partial charge on any atom is 0.128 e. The summed E-state index contributed by atoms with van der Waals surface area (Å²) in [5.41, 5.74) is 0.888. The third-order valence-electron chi connectivity index (χ3n) is 3.20. The van der Waals surface area contributed by atoms with Crippen molar-refractivity contribution >= 4 is 15.9 Å². The topological polar surface area (TPSA) is 60.2 Å². The lowest BCUT2D eigenvalue weighted by atomic mass is 10.1. The Labute approximate surface area is 136 Å². The van der Waals surface area contributed by atoms with Gasteiger partial charge in [0.2, 0.25) is 0 Å². The van der Waals surface area contributed by atoms with Crippen molar-refractivity contribution in [3.63, 3.8) is 0 Å². The summed E-state index contributed by atoms with van der Waals surface area (Å²) in [7, 11) is 0. The molecule has 1 aromatic heterocycles. The number of halogens is 1. The lowest BCUT2D eigenvalue weighted by Crippen LogP contribution is -2.18. The molecule has 0 saturated heterocycles. The van der Waals surface area contributed by atoms with Gasteiger partial charge in [-0.15, -0.1) is 0 Å². The van der Waals surface area contributed by atoms with Gasteiger partial charge in [0, 0.05) is 4.47 Å². The molecule has 0 aliphatic rings. The first-order valence-corrected chi connectivity index (χ1v) is 7.56. The fourth-order valence-electron chi connectivity index (χ4n) is 2.15. The molecular weight excluding hydrogens is 346 g/mol. The number of aromatic nitrogens is 3. The van der Waals surface area contributed by atoms with Gasteiger partial charge < -0.3 is 9.84 Å². The van der Waals surface area contributed by atoms with Crippen LogP contribution in [0.4, 0.5) is 0 Å². The molecule has 3 aromatic rings. The molecule has 6 heteroatoms. The van der Waals surface area contributed by atoms with Crippen LogP contribution in [0, 0.1) is 0 Å². The first kappa shape index (κ1) is 14.7. The molecule has 22 heavy (non-hydrogen) atoms. The number of ether oxygens (including phenoxy) is 1. The Hall–Kier alpha value is -2.18. The Balaban J connectivity index is 1.86. The number of hydrogen-bond acceptors (Lipinski definition) is 4. The van der Waals surface area contributed by atoms with Crippen LogP contribution in [0.25, 0.3) is 0 Å². The zero-order valence-corrected chi connectivity index (χ0v) is 13.2. The summed E-state index contributed by atoms with van der Waals surface area (Å²) in [4.78, 5) is 1.48. The van der Waals surface area contributed by atoms with E-state index in [9.17, 15) is 5.11 Å². The van der Waals surface area contributed by atoms with Crippen LogP contribution in [0.3, 0.4) is 0 Å². The molecule has 0 aliphatic heterocycles. The van der Waals surface area contributed by atoms with Crippen molar-refractivity contribution in [2.24, 2.45) is 0 Å². The summed E-state index contributed by atoms with van der Waals surface area (Å²) in [6.07, 6.45) is 3.17. The second-order valence-electron chi connectivity index (χ2n) is 4.65. The molecule has 1 unspecified atom stereocenters. The van der Waals surface area contributed by atoms with Crippen LogP contribution < -0.4 is 4.74 Å². The molecule has 0 aliphatic carbocycles. The van der Waals surface area contributed by atoms with Gasteiger partial charge in [-0.1, -0.05) is 40.2 Å². The SMILES string of the molecule is OCC(c1ccc(Oc2ccccc2)cc1Br)n1nccn1. The molecule has 1 N–H and O–H groups in total. The zero-order chi connectivity index (χ0) is 15.4. The van der Waals surface area contributed by atoms with Crippen LogP contribution in [-0.2, 0) is 0 Å². The fraction of sp³-hybridized carbons (Fsp3) is 0.125. The molecule has 0 fully saturated rings. The average molecular weight is 360 g/mol. The number of hydrogen-bond donors (Lipinski definition) is 1. The number of benzene rings is 2. The van der Waals surface area contributed by atoms with E-state index in [2.05, 4.69) is 26.1 Å². The van der Waals surface area contributed by atoms with E-state index >= 15 is 0 Å². The van der Waals surface area contributed by atoms with Crippen molar-refractivity contribution in [1.82, 2.24) is 15.0 Å². The normalized spacial score (nSPS) is 12.1. The highest BCUT2D eigenvalue weighted by Crippen LogP contribution is 2.31. The van der Waals surface area contributed by atoms with Crippen LogP contribution >= 0.6 is 15.9 Å². The van der Waals surface area contributed by atoms with Gasteiger partial charge in [0.15, 0.2) is 0 Å². The molecular formula is C16H14BrN3O2. The standard InChI is InChI=1S/C16H14BrN3O2/c17-15-10-13(22-12-4-2-1-3-5-12)6-7-14(15)16(11-21)20-18-8-9-19-20/h1-10,16,21H,11H2. The van der Waals surface area contributed by atoms with Gasteiger partial charge in [-0.05, 0) is 29.8 Å². The quantitative estimate of drug-likeness (QED) is 0.758. The Morgan fingerprint density at radius 2 is 1.77 bits per heavy atom. The third kappa shape index (κ3) is 3.18. The van der Waals surface area contributed by atoms with Crippen LogP contribution in [0.5, 0.6) is 11.5 Å². The molecule has 2 aromatic carbocycles. The lowest BCUT2D eigenvalue weighted by Gasteiger charge is -2.16. The van der Waals surface area contributed by atoms with Crippen LogP contribution in [-0.4, -0.2) is 26.7 Å². The van der Waals surface area contributed by atoms with E-state index < -0.39 is 0 Å². The second-order valence-corrected chi connectivity index (χ2v) is 5.50. The molecule has 0 saturated carbocycles. The highest BCUT2D eigenvalue weighted by Gasteiger charge is 2.17. The largest absolute Gasteiger partial charge is 0.457 e. The maximum atomic E-state index is 9.63. The predicted octanol–water partition coefficient (Wildman–Crippen LogP) is 3.41. The molecule has 0 spiro atoms. The van der Waals surface area contributed by atoms with Gasteiger partial charge in [-0.2, -0.15) is 15.0 Å². The van der Waals surface area contributed by atoms with E-state index in [1.807, 2.05) is 48.5 Å². The number of aliphatic hydroxyl groups is 1. The molecule has 3 rings (SSSR count). The van der Waals surface area contributed by atoms with Crippen molar-refractivity contribution in [2.45, 2.75) is 6.04 Å². The van der Waals surface area contributed by atoms with Crippen molar-refractivity contribution in [3.05, 3.63) is 71.0 Å². The maximum absolute atomic E-state index is 9.63. The summed E-state index contributed by atoms with van der Waals surface area (Å²) in [5.74, 6) is 1.49. The second kappa shape index (κ2) is 6.72. The smallest absolute Gasteiger partial charge is 0.128 e. The molecule has 5 nitrogen and oxygen atoms in total. The summed E-state index contributed by atoms with van der Waals surface area (Å²) in [6.45, 7) is -0.0911. The summed E-state index contributed by atoms with van der Waals surface area (Å²) in [6, 6.07) is 14.9. The monoisotopic (exact) mass is 359 g/mol. The van der Waals surface area contributed by atoms with E-state index in [1.165, 1.54) is 4.80 Å². The fourth-order valence-corrected chi connectivity index (χ4v) is 2.77. The number of rotatable bonds is 5. The highest BCUT2D eigenvalue weighted by molar-refractivity contribution is 9.10. The molecule has 0 amide bonds. The minimum atomic E-state index is -0.338. The molecule has 0 bridgehead atoms. The summed E-state index contributed by atoms with van der Waals surface area (Å²) in [5, 5.41) is 17.8. The number of aliphatic hydroxyl groups excluding tert-OH is 1. The van der Waals surface area contributed by atoms with Gasteiger partial charge in [-0.25, -0.2) is 0 Å². The van der Waals surface area contributed by atoms with Crippen molar-refractivity contribution < 1.29 is 9.84 Å². The number of para-hydroxylation sites is 1. The van der Waals surface area contributed by atoms with Gasteiger partial charge in [0.25, 0.3) is 0 Å². The Bertz CT molecular complexity index is 732. The van der Waals surface area contributed by atoms with Crippen LogP contribution in [0.2, 0.25) is 0 Å².